The molecule has 1 saturated heterocycles. The third-order valence-electron chi connectivity index (χ3n) is 3.67. The first kappa shape index (κ1) is 9.36. The lowest BCUT2D eigenvalue weighted by molar-refractivity contribution is 0.182. The van der Waals surface area contributed by atoms with Gasteiger partial charge in [-0.3, -0.25) is 10.00 Å². The fraction of sp³-hybridized carbons (Fsp3) is 0.727. The molecular formula is C11H18N4. The highest BCUT2D eigenvalue weighted by molar-refractivity contribution is 5.30. The van der Waals surface area contributed by atoms with Gasteiger partial charge < -0.3 is 5.32 Å². The Balaban J connectivity index is 1.91. The minimum absolute atomic E-state index is 0.540. The van der Waals surface area contributed by atoms with E-state index in [9.17, 15) is 0 Å². The summed E-state index contributed by atoms with van der Waals surface area (Å²) in [5.74, 6) is 0. The van der Waals surface area contributed by atoms with E-state index in [0.29, 0.717) is 6.04 Å². The van der Waals surface area contributed by atoms with E-state index in [1.165, 1.54) is 42.8 Å². The maximum absolute atomic E-state index is 4.51. The zero-order valence-electron chi connectivity index (χ0n) is 9.21. The lowest BCUT2D eigenvalue weighted by Gasteiger charge is -2.31. The summed E-state index contributed by atoms with van der Waals surface area (Å²) in [5.41, 5.74) is 4.01. The largest absolute Gasteiger partial charge is 0.307 e. The minimum atomic E-state index is 0.540. The number of nitrogens with zero attached hydrogens (tertiary/aromatic N) is 2. The van der Waals surface area contributed by atoms with Crippen molar-refractivity contribution in [2.45, 2.75) is 38.4 Å². The van der Waals surface area contributed by atoms with Gasteiger partial charge in [0.1, 0.15) is 0 Å². The molecule has 0 spiro atoms. The van der Waals surface area contributed by atoms with Crippen LogP contribution in [0.3, 0.4) is 0 Å². The lowest BCUT2D eigenvalue weighted by atomic mass is 9.97. The molecule has 1 aromatic heterocycles. The van der Waals surface area contributed by atoms with Crippen LogP contribution in [0.4, 0.5) is 0 Å². The summed E-state index contributed by atoms with van der Waals surface area (Å²) in [6.07, 6.45) is 3.93. The van der Waals surface area contributed by atoms with Gasteiger partial charge in [0.25, 0.3) is 0 Å². The highest BCUT2D eigenvalue weighted by Gasteiger charge is 2.28. The number of hydrogen-bond donors (Lipinski definition) is 2. The Morgan fingerprint density at radius 2 is 2.27 bits per heavy atom. The lowest BCUT2D eigenvalue weighted by Crippen LogP contribution is -2.30. The summed E-state index contributed by atoms with van der Waals surface area (Å²) < 4.78 is 0. The van der Waals surface area contributed by atoms with Gasteiger partial charge in [0.05, 0.1) is 17.4 Å². The number of piperidine rings is 1. The van der Waals surface area contributed by atoms with Crippen molar-refractivity contribution in [1.82, 2.24) is 20.4 Å². The van der Waals surface area contributed by atoms with Crippen molar-refractivity contribution >= 4 is 0 Å². The Morgan fingerprint density at radius 1 is 1.33 bits per heavy atom. The van der Waals surface area contributed by atoms with Gasteiger partial charge in [0, 0.05) is 18.7 Å². The van der Waals surface area contributed by atoms with Crippen molar-refractivity contribution in [3.8, 4) is 0 Å². The van der Waals surface area contributed by atoms with Crippen molar-refractivity contribution in [1.29, 1.82) is 0 Å². The number of fused-ring (bicyclic) bond motifs is 1. The maximum Gasteiger partial charge on any atom is 0.0841 e. The first-order valence-electron chi connectivity index (χ1n) is 5.83. The van der Waals surface area contributed by atoms with Crippen LogP contribution in [0, 0.1) is 0 Å². The van der Waals surface area contributed by atoms with Gasteiger partial charge in [-0.25, -0.2) is 0 Å². The Bertz CT molecular complexity index is 357. The van der Waals surface area contributed by atoms with Gasteiger partial charge in [-0.1, -0.05) is 6.42 Å². The van der Waals surface area contributed by atoms with Crippen LogP contribution in [0.1, 0.15) is 42.3 Å². The number of aromatic amines is 1. The van der Waals surface area contributed by atoms with Gasteiger partial charge in [-0.05, 0) is 26.4 Å². The van der Waals surface area contributed by atoms with Crippen LogP contribution in [-0.4, -0.2) is 28.7 Å². The predicted molar refractivity (Wildman–Crippen MR) is 58.4 cm³/mol. The fourth-order valence-electron chi connectivity index (χ4n) is 2.77. The molecule has 1 atom stereocenters. The second-order valence-electron chi connectivity index (χ2n) is 4.66. The zero-order chi connectivity index (χ0) is 10.3. The fourth-order valence-corrected chi connectivity index (χ4v) is 2.77. The molecule has 1 fully saturated rings. The number of rotatable bonds is 1. The molecule has 0 aromatic carbocycles. The quantitative estimate of drug-likeness (QED) is 0.725. The van der Waals surface area contributed by atoms with E-state index in [2.05, 4.69) is 27.5 Å². The van der Waals surface area contributed by atoms with Crippen molar-refractivity contribution in [2.75, 3.05) is 13.6 Å². The number of hydrogen-bond acceptors (Lipinski definition) is 3. The molecule has 2 aliphatic heterocycles. The van der Waals surface area contributed by atoms with Gasteiger partial charge in [0.15, 0.2) is 0 Å². The molecule has 0 bridgehead atoms. The molecule has 1 aromatic rings. The number of H-pyrrole nitrogens is 1. The molecule has 4 heteroatoms. The Hall–Kier alpha value is -0.870. The van der Waals surface area contributed by atoms with E-state index in [1.807, 2.05) is 0 Å². The van der Waals surface area contributed by atoms with Crippen LogP contribution in [0.5, 0.6) is 0 Å². The summed E-state index contributed by atoms with van der Waals surface area (Å²) >= 11 is 0. The van der Waals surface area contributed by atoms with E-state index in [0.717, 1.165) is 13.1 Å². The molecule has 0 radical (unpaired) electrons. The minimum Gasteiger partial charge on any atom is -0.307 e. The van der Waals surface area contributed by atoms with Crippen molar-refractivity contribution in [3.05, 3.63) is 17.0 Å². The average Bonchev–Trinajstić information content (AvgIpc) is 2.80. The Kier molecular flexibility index (Phi) is 2.25. The van der Waals surface area contributed by atoms with Crippen LogP contribution in [0.15, 0.2) is 0 Å². The molecule has 3 heterocycles. The molecule has 2 N–H and O–H groups in total. The van der Waals surface area contributed by atoms with Crippen molar-refractivity contribution < 1.29 is 0 Å². The van der Waals surface area contributed by atoms with Gasteiger partial charge >= 0.3 is 0 Å². The normalized spacial score (nSPS) is 26.9. The maximum atomic E-state index is 4.51. The van der Waals surface area contributed by atoms with Crippen LogP contribution in [0.25, 0.3) is 0 Å². The van der Waals surface area contributed by atoms with E-state index in [1.54, 1.807) is 0 Å². The van der Waals surface area contributed by atoms with Gasteiger partial charge in [-0.15, -0.1) is 0 Å². The van der Waals surface area contributed by atoms with Crippen LogP contribution in [0.2, 0.25) is 0 Å². The molecular weight excluding hydrogens is 188 g/mol. The second-order valence-corrected chi connectivity index (χ2v) is 4.66. The molecule has 82 valence electrons. The van der Waals surface area contributed by atoms with Crippen molar-refractivity contribution in [2.24, 2.45) is 0 Å². The van der Waals surface area contributed by atoms with Crippen LogP contribution < -0.4 is 5.32 Å². The molecule has 2 aliphatic rings. The summed E-state index contributed by atoms with van der Waals surface area (Å²) in [6.45, 7) is 3.16. The van der Waals surface area contributed by atoms with Crippen LogP contribution >= 0.6 is 0 Å². The second kappa shape index (κ2) is 3.61. The van der Waals surface area contributed by atoms with E-state index < -0.39 is 0 Å². The van der Waals surface area contributed by atoms with Crippen LogP contribution in [-0.2, 0) is 13.1 Å². The Morgan fingerprint density at radius 3 is 3.13 bits per heavy atom. The van der Waals surface area contributed by atoms with E-state index in [-0.39, 0.29) is 0 Å². The number of aromatic nitrogens is 2. The predicted octanol–water partition coefficient (Wildman–Crippen LogP) is 1.17. The summed E-state index contributed by atoms with van der Waals surface area (Å²) in [4.78, 5) is 2.44. The smallest absolute Gasteiger partial charge is 0.0841 e. The SMILES string of the molecule is CN1CCCCC1c1n[nH]c2c1CNC2. The van der Waals surface area contributed by atoms with E-state index in [4.69, 9.17) is 0 Å². The topological polar surface area (TPSA) is 44.0 Å². The molecule has 0 aliphatic carbocycles. The van der Waals surface area contributed by atoms with E-state index >= 15 is 0 Å². The summed E-state index contributed by atoms with van der Waals surface area (Å²) in [6, 6.07) is 0.540. The molecule has 3 rings (SSSR count). The van der Waals surface area contributed by atoms with Gasteiger partial charge in [-0.2, -0.15) is 5.10 Å². The third kappa shape index (κ3) is 1.48. The molecule has 1 unspecified atom stereocenters. The zero-order valence-corrected chi connectivity index (χ0v) is 9.21. The van der Waals surface area contributed by atoms with Gasteiger partial charge in [0.2, 0.25) is 0 Å². The molecule has 15 heavy (non-hydrogen) atoms. The molecule has 0 amide bonds. The summed E-state index contributed by atoms with van der Waals surface area (Å²) in [7, 11) is 2.22. The first-order chi connectivity index (χ1) is 7.36. The summed E-state index contributed by atoms with van der Waals surface area (Å²) in [5, 5.41) is 11.0. The third-order valence-corrected chi connectivity index (χ3v) is 3.67. The van der Waals surface area contributed by atoms with Crippen molar-refractivity contribution in [3.63, 3.8) is 0 Å². The average molecular weight is 206 g/mol. The number of nitrogens with one attached hydrogen (secondary N) is 2. The molecule has 0 saturated carbocycles. The monoisotopic (exact) mass is 206 g/mol. The highest BCUT2D eigenvalue weighted by atomic mass is 15.2. The Labute approximate surface area is 90.0 Å². The highest BCUT2D eigenvalue weighted by Crippen LogP contribution is 2.32. The molecule has 4 nitrogen and oxygen atoms in total. The first-order valence-corrected chi connectivity index (χ1v) is 5.83. The number of likely N-dealkylation sites (tertiary alicyclic amines) is 1. The standard InChI is InChI=1S/C11H18N4/c1-15-5-3-2-4-10(15)11-8-6-12-7-9(8)13-14-11/h10,12H,2-7H2,1H3,(H,13,14).